The SMILES string of the molecule is O=C(NCCC(O)c1ccsc1)c1cc(C2CC2)on1. The van der Waals surface area contributed by atoms with Crippen LogP contribution in [0.5, 0.6) is 0 Å². The number of rotatable bonds is 6. The molecule has 2 aromatic rings. The number of hydrogen-bond donors (Lipinski definition) is 2. The molecule has 1 unspecified atom stereocenters. The Morgan fingerprint density at radius 3 is 3.15 bits per heavy atom. The summed E-state index contributed by atoms with van der Waals surface area (Å²) in [6, 6.07) is 3.60. The quantitative estimate of drug-likeness (QED) is 0.857. The summed E-state index contributed by atoms with van der Waals surface area (Å²) in [4.78, 5) is 11.9. The van der Waals surface area contributed by atoms with Crippen molar-refractivity contribution in [1.29, 1.82) is 0 Å². The number of nitrogens with one attached hydrogen (secondary N) is 1. The molecule has 20 heavy (non-hydrogen) atoms. The Bertz CT molecular complexity index is 575. The number of carbonyl (C=O) groups is 1. The maximum Gasteiger partial charge on any atom is 0.273 e. The first-order valence-electron chi connectivity index (χ1n) is 6.69. The van der Waals surface area contributed by atoms with E-state index in [-0.39, 0.29) is 5.91 Å². The average Bonchev–Trinajstić information content (AvgIpc) is 2.97. The molecule has 2 heterocycles. The fourth-order valence-corrected chi connectivity index (χ4v) is 2.71. The van der Waals surface area contributed by atoms with Crippen LogP contribution in [0.2, 0.25) is 0 Å². The van der Waals surface area contributed by atoms with Crippen molar-refractivity contribution >= 4 is 17.2 Å². The van der Waals surface area contributed by atoms with Gasteiger partial charge in [-0.15, -0.1) is 0 Å². The first-order valence-corrected chi connectivity index (χ1v) is 7.63. The maximum atomic E-state index is 11.9. The van der Waals surface area contributed by atoms with Crippen LogP contribution in [-0.2, 0) is 0 Å². The van der Waals surface area contributed by atoms with Crippen LogP contribution in [0.3, 0.4) is 0 Å². The first-order chi connectivity index (χ1) is 9.74. The van der Waals surface area contributed by atoms with Crippen molar-refractivity contribution in [3.8, 4) is 0 Å². The predicted molar refractivity (Wildman–Crippen MR) is 74.7 cm³/mol. The smallest absolute Gasteiger partial charge is 0.273 e. The van der Waals surface area contributed by atoms with Gasteiger partial charge in [0.15, 0.2) is 5.69 Å². The second-order valence-corrected chi connectivity index (χ2v) is 5.79. The third-order valence-electron chi connectivity index (χ3n) is 3.37. The molecule has 1 saturated carbocycles. The summed E-state index contributed by atoms with van der Waals surface area (Å²) in [7, 11) is 0. The third kappa shape index (κ3) is 3.08. The van der Waals surface area contributed by atoms with Crippen molar-refractivity contribution in [3.05, 3.63) is 39.9 Å². The number of carbonyl (C=O) groups excluding carboxylic acids is 1. The molecule has 1 aliphatic rings. The average molecular weight is 292 g/mol. The van der Waals surface area contributed by atoms with Gasteiger partial charge < -0.3 is 14.9 Å². The summed E-state index contributed by atoms with van der Waals surface area (Å²) in [6.45, 7) is 0.404. The lowest BCUT2D eigenvalue weighted by molar-refractivity contribution is 0.0933. The van der Waals surface area contributed by atoms with Crippen LogP contribution in [-0.4, -0.2) is 22.7 Å². The summed E-state index contributed by atoms with van der Waals surface area (Å²) in [6.07, 6.45) is 2.17. The zero-order valence-corrected chi connectivity index (χ0v) is 11.7. The Balaban J connectivity index is 1.46. The minimum Gasteiger partial charge on any atom is -0.388 e. The summed E-state index contributed by atoms with van der Waals surface area (Å²) in [5.74, 6) is 0.996. The van der Waals surface area contributed by atoms with E-state index in [1.807, 2.05) is 16.8 Å². The highest BCUT2D eigenvalue weighted by molar-refractivity contribution is 7.07. The molecular formula is C14H16N2O3S. The van der Waals surface area contributed by atoms with Crippen LogP contribution in [0, 0.1) is 0 Å². The fraction of sp³-hybridized carbons (Fsp3) is 0.429. The Labute approximate surface area is 120 Å². The van der Waals surface area contributed by atoms with Gasteiger partial charge in [-0.1, -0.05) is 5.16 Å². The molecule has 0 aliphatic heterocycles. The molecule has 1 amide bonds. The number of amides is 1. The van der Waals surface area contributed by atoms with Gasteiger partial charge in [-0.2, -0.15) is 11.3 Å². The Kier molecular flexibility index (Phi) is 3.84. The highest BCUT2D eigenvalue weighted by atomic mass is 32.1. The molecule has 3 rings (SSSR count). The molecule has 0 spiro atoms. The van der Waals surface area contributed by atoms with Crippen molar-refractivity contribution in [2.45, 2.75) is 31.3 Å². The second kappa shape index (κ2) is 5.76. The van der Waals surface area contributed by atoms with Crippen LogP contribution < -0.4 is 5.32 Å². The van der Waals surface area contributed by atoms with E-state index in [0.717, 1.165) is 24.2 Å². The molecule has 0 radical (unpaired) electrons. The number of thiophene rings is 1. The predicted octanol–water partition coefficient (Wildman–Crippen LogP) is 2.47. The van der Waals surface area contributed by atoms with Crippen LogP contribution in [0.15, 0.2) is 27.4 Å². The van der Waals surface area contributed by atoms with Crippen LogP contribution in [0.4, 0.5) is 0 Å². The molecule has 0 saturated heterocycles. The molecule has 1 aliphatic carbocycles. The topological polar surface area (TPSA) is 75.4 Å². The van der Waals surface area contributed by atoms with Crippen LogP contribution >= 0.6 is 11.3 Å². The standard InChI is InChI=1S/C14H16N2O3S/c17-12(10-4-6-20-8-10)3-5-15-14(18)11-7-13(19-16-11)9-1-2-9/h4,6-9,12,17H,1-3,5H2,(H,15,18). The van der Waals surface area contributed by atoms with Crippen molar-refractivity contribution in [1.82, 2.24) is 10.5 Å². The van der Waals surface area contributed by atoms with Gasteiger partial charge in [0.2, 0.25) is 0 Å². The van der Waals surface area contributed by atoms with E-state index in [1.54, 1.807) is 17.4 Å². The van der Waals surface area contributed by atoms with Gasteiger partial charge in [0.1, 0.15) is 5.76 Å². The van der Waals surface area contributed by atoms with E-state index in [4.69, 9.17) is 4.52 Å². The molecule has 106 valence electrons. The minimum atomic E-state index is -0.541. The maximum absolute atomic E-state index is 11.9. The number of aromatic nitrogens is 1. The monoisotopic (exact) mass is 292 g/mol. The Hall–Kier alpha value is -1.66. The minimum absolute atomic E-state index is 0.252. The van der Waals surface area contributed by atoms with E-state index >= 15 is 0 Å². The van der Waals surface area contributed by atoms with Crippen LogP contribution in [0.1, 0.15) is 53.1 Å². The van der Waals surface area contributed by atoms with Crippen molar-refractivity contribution in [3.63, 3.8) is 0 Å². The highest BCUT2D eigenvalue weighted by Crippen LogP contribution is 2.40. The van der Waals surface area contributed by atoms with Gasteiger partial charge >= 0.3 is 0 Å². The largest absolute Gasteiger partial charge is 0.388 e. The van der Waals surface area contributed by atoms with Crippen molar-refractivity contribution in [2.75, 3.05) is 6.54 Å². The molecular weight excluding hydrogens is 276 g/mol. The van der Waals surface area contributed by atoms with E-state index < -0.39 is 6.10 Å². The number of aliphatic hydroxyl groups is 1. The normalized spacial score (nSPS) is 16.1. The van der Waals surface area contributed by atoms with E-state index in [1.165, 1.54) is 0 Å². The third-order valence-corrected chi connectivity index (χ3v) is 4.07. The number of hydrogen-bond acceptors (Lipinski definition) is 5. The lowest BCUT2D eigenvalue weighted by Gasteiger charge is -2.08. The Morgan fingerprint density at radius 2 is 2.45 bits per heavy atom. The molecule has 5 nitrogen and oxygen atoms in total. The summed E-state index contributed by atoms with van der Waals surface area (Å²) >= 11 is 1.55. The molecule has 2 aromatic heterocycles. The fourth-order valence-electron chi connectivity index (χ4n) is 2.00. The summed E-state index contributed by atoms with van der Waals surface area (Å²) in [5.41, 5.74) is 1.21. The van der Waals surface area contributed by atoms with Gasteiger partial charge in [0, 0.05) is 18.5 Å². The lowest BCUT2D eigenvalue weighted by atomic mass is 10.1. The van der Waals surface area contributed by atoms with Gasteiger partial charge in [-0.05, 0) is 41.7 Å². The van der Waals surface area contributed by atoms with E-state index in [2.05, 4.69) is 10.5 Å². The summed E-state index contributed by atoms with van der Waals surface area (Å²) < 4.78 is 5.14. The zero-order valence-electron chi connectivity index (χ0n) is 10.9. The molecule has 1 atom stereocenters. The van der Waals surface area contributed by atoms with E-state index in [0.29, 0.717) is 24.6 Å². The molecule has 1 fully saturated rings. The highest BCUT2D eigenvalue weighted by Gasteiger charge is 2.28. The van der Waals surface area contributed by atoms with Gasteiger partial charge in [0.25, 0.3) is 5.91 Å². The zero-order chi connectivity index (χ0) is 13.9. The summed E-state index contributed by atoms with van der Waals surface area (Å²) in [5, 5.41) is 20.3. The van der Waals surface area contributed by atoms with Gasteiger partial charge in [-0.3, -0.25) is 4.79 Å². The molecule has 0 bridgehead atoms. The van der Waals surface area contributed by atoms with E-state index in [9.17, 15) is 9.90 Å². The number of aliphatic hydroxyl groups excluding tert-OH is 1. The lowest BCUT2D eigenvalue weighted by Crippen LogP contribution is -2.25. The molecule has 0 aromatic carbocycles. The number of nitrogens with zero attached hydrogens (tertiary/aromatic N) is 1. The first kappa shape index (κ1) is 13.3. The molecule has 6 heteroatoms. The van der Waals surface area contributed by atoms with Gasteiger partial charge in [0.05, 0.1) is 6.10 Å². The van der Waals surface area contributed by atoms with Crippen molar-refractivity contribution in [2.24, 2.45) is 0 Å². The van der Waals surface area contributed by atoms with Gasteiger partial charge in [-0.25, -0.2) is 0 Å². The second-order valence-electron chi connectivity index (χ2n) is 5.01. The van der Waals surface area contributed by atoms with Crippen LogP contribution in [0.25, 0.3) is 0 Å². The molecule has 2 N–H and O–H groups in total. The Morgan fingerprint density at radius 1 is 1.60 bits per heavy atom. The van der Waals surface area contributed by atoms with Crippen molar-refractivity contribution < 1.29 is 14.4 Å².